The van der Waals surface area contributed by atoms with Crippen molar-refractivity contribution in [2.45, 2.75) is 13.0 Å². The summed E-state index contributed by atoms with van der Waals surface area (Å²) in [5.41, 5.74) is 0.529. The van der Waals surface area contributed by atoms with E-state index < -0.39 is 11.7 Å². The number of ether oxygens (including phenoxy) is 2. The van der Waals surface area contributed by atoms with E-state index in [0.29, 0.717) is 22.6 Å². The molecule has 0 radical (unpaired) electrons. The maximum absolute atomic E-state index is 12.4. The van der Waals surface area contributed by atoms with Crippen molar-refractivity contribution >= 4 is 16.8 Å². The Bertz CT molecular complexity index is 924. The topological polar surface area (TPSA) is 65.7 Å². The van der Waals surface area contributed by atoms with Gasteiger partial charge in [-0.1, -0.05) is 0 Å². The van der Waals surface area contributed by atoms with Crippen LogP contribution in [0.5, 0.6) is 11.5 Å². The molecular formula is C19H16O5. The Morgan fingerprint density at radius 1 is 1.00 bits per heavy atom. The SMILES string of the molecule is COc1ccc(C(=O)[C@H](C)Oc2ccc3ccc(=O)oc3c2)cc1. The summed E-state index contributed by atoms with van der Waals surface area (Å²) < 4.78 is 15.9. The number of rotatable bonds is 5. The van der Waals surface area contributed by atoms with Gasteiger partial charge >= 0.3 is 5.63 Å². The minimum Gasteiger partial charge on any atom is -0.497 e. The minimum absolute atomic E-state index is 0.146. The molecule has 3 aromatic rings. The summed E-state index contributed by atoms with van der Waals surface area (Å²) in [6.07, 6.45) is -0.675. The van der Waals surface area contributed by atoms with E-state index in [2.05, 4.69) is 0 Å². The van der Waals surface area contributed by atoms with Crippen molar-refractivity contribution in [2.24, 2.45) is 0 Å². The maximum atomic E-state index is 12.4. The molecule has 3 rings (SSSR count). The third-order valence-corrected chi connectivity index (χ3v) is 3.65. The molecule has 1 atom stereocenters. The summed E-state index contributed by atoms with van der Waals surface area (Å²) in [5.74, 6) is 1.00. The monoisotopic (exact) mass is 324 g/mol. The van der Waals surface area contributed by atoms with Crippen LogP contribution in [-0.4, -0.2) is 19.0 Å². The van der Waals surface area contributed by atoms with Crippen LogP contribution in [-0.2, 0) is 0 Å². The summed E-state index contributed by atoms with van der Waals surface area (Å²) in [5, 5.41) is 0.788. The lowest BCUT2D eigenvalue weighted by atomic mass is 10.1. The van der Waals surface area contributed by atoms with E-state index >= 15 is 0 Å². The summed E-state index contributed by atoms with van der Waals surface area (Å²) in [7, 11) is 1.57. The second-order valence-corrected chi connectivity index (χ2v) is 5.31. The normalized spacial score (nSPS) is 11.9. The lowest BCUT2D eigenvalue weighted by molar-refractivity contribution is 0.0818. The molecule has 5 nitrogen and oxygen atoms in total. The lowest BCUT2D eigenvalue weighted by Crippen LogP contribution is -2.23. The first-order chi connectivity index (χ1) is 11.6. The van der Waals surface area contributed by atoms with E-state index in [-0.39, 0.29) is 5.78 Å². The molecule has 0 N–H and O–H groups in total. The van der Waals surface area contributed by atoms with Gasteiger partial charge in [0.2, 0.25) is 5.78 Å². The molecule has 0 saturated carbocycles. The quantitative estimate of drug-likeness (QED) is 0.531. The predicted molar refractivity (Wildman–Crippen MR) is 89.9 cm³/mol. The van der Waals surface area contributed by atoms with Gasteiger partial charge in [0.05, 0.1) is 7.11 Å². The van der Waals surface area contributed by atoms with Crippen LogP contribution >= 0.6 is 0 Å². The number of hydrogen-bond acceptors (Lipinski definition) is 5. The zero-order valence-corrected chi connectivity index (χ0v) is 13.3. The highest BCUT2D eigenvalue weighted by Gasteiger charge is 2.17. The number of Topliss-reactive ketones (excluding diaryl/α,β-unsaturated/α-hetero) is 1. The molecule has 0 saturated heterocycles. The maximum Gasteiger partial charge on any atom is 0.336 e. The first-order valence-corrected chi connectivity index (χ1v) is 7.45. The third-order valence-electron chi connectivity index (χ3n) is 3.65. The molecule has 2 aromatic carbocycles. The van der Waals surface area contributed by atoms with Crippen LogP contribution in [0.25, 0.3) is 11.0 Å². The highest BCUT2D eigenvalue weighted by atomic mass is 16.5. The van der Waals surface area contributed by atoms with Crippen molar-refractivity contribution in [3.63, 3.8) is 0 Å². The van der Waals surface area contributed by atoms with E-state index in [1.165, 1.54) is 6.07 Å². The lowest BCUT2D eigenvalue weighted by Gasteiger charge is -2.14. The van der Waals surface area contributed by atoms with Crippen LogP contribution in [0.2, 0.25) is 0 Å². The van der Waals surface area contributed by atoms with Crippen molar-refractivity contribution in [2.75, 3.05) is 7.11 Å². The van der Waals surface area contributed by atoms with Crippen molar-refractivity contribution in [1.29, 1.82) is 0 Å². The Kier molecular flexibility index (Phi) is 4.33. The number of methoxy groups -OCH3 is 1. The summed E-state index contributed by atoms with van der Waals surface area (Å²) >= 11 is 0. The fourth-order valence-corrected chi connectivity index (χ4v) is 2.36. The predicted octanol–water partition coefficient (Wildman–Crippen LogP) is 3.45. The van der Waals surface area contributed by atoms with E-state index in [1.54, 1.807) is 62.6 Å². The molecule has 0 aliphatic heterocycles. The van der Waals surface area contributed by atoms with Crippen LogP contribution < -0.4 is 15.1 Å². The van der Waals surface area contributed by atoms with Crippen LogP contribution in [0.4, 0.5) is 0 Å². The first-order valence-electron chi connectivity index (χ1n) is 7.45. The molecule has 0 spiro atoms. The van der Waals surface area contributed by atoms with E-state index in [9.17, 15) is 9.59 Å². The highest BCUT2D eigenvalue weighted by molar-refractivity contribution is 5.99. The second kappa shape index (κ2) is 6.58. The number of fused-ring (bicyclic) bond motifs is 1. The van der Waals surface area contributed by atoms with Gasteiger partial charge in [-0.15, -0.1) is 0 Å². The fourth-order valence-electron chi connectivity index (χ4n) is 2.36. The van der Waals surface area contributed by atoms with Crippen LogP contribution in [0.15, 0.2) is 63.8 Å². The molecule has 1 aromatic heterocycles. The van der Waals surface area contributed by atoms with Gasteiger partial charge in [-0.05, 0) is 49.4 Å². The molecule has 24 heavy (non-hydrogen) atoms. The number of hydrogen-bond donors (Lipinski definition) is 0. The molecule has 0 bridgehead atoms. The molecular weight excluding hydrogens is 308 g/mol. The van der Waals surface area contributed by atoms with E-state index in [0.717, 1.165) is 5.39 Å². The molecule has 0 aliphatic rings. The molecule has 122 valence electrons. The van der Waals surface area contributed by atoms with E-state index in [1.807, 2.05) is 0 Å². The van der Waals surface area contributed by atoms with Gasteiger partial charge in [-0.3, -0.25) is 4.79 Å². The number of carbonyl (C=O) groups is 1. The van der Waals surface area contributed by atoms with Gasteiger partial charge in [0.25, 0.3) is 0 Å². The van der Waals surface area contributed by atoms with Crippen molar-refractivity contribution in [1.82, 2.24) is 0 Å². The average molecular weight is 324 g/mol. The van der Waals surface area contributed by atoms with Crippen LogP contribution in [0, 0.1) is 0 Å². The van der Waals surface area contributed by atoms with Crippen molar-refractivity contribution in [3.05, 3.63) is 70.6 Å². The molecule has 5 heteroatoms. The van der Waals surface area contributed by atoms with Crippen LogP contribution in [0.3, 0.4) is 0 Å². The zero-order valence-electron chi connectivity index (χ0n) is 13.3. The molecule has 0 unspecified atom stereocenters. The Balaban J connectivity index is 1.79. The Hall–Kier alpha value is -3.08. The number of benzene rings is 2. The molecule has 1 heterocycles. The molecule has 0 amide bonds. The Labute approximate surface area is 138 Å². The Morgan fingerprint density at radius 2 is 1.67 bits per heavy atom. The van der Waals surface area contributed by atoms with Crippen LogP contribution in [0.1, 0.15) is 17.3 Å². The molecule has 0 aliphatic carbocycles. The third kappa shape index (κ3) is 3.30. The summed E-state index contributed by atoms with van der Waals surface area (Å²) in [6, 6.07) is 15.0. The van der Waals surface area contributed by atoms with Crippen molar-refractivity contribution < 1.29 is 18.7 Å². The first kappa shape index (κ1) is 15.8. The smallest absolute Gasteiger partial charge is 0.336 e. The van der Waals surface area contributed by atoms with Gasteiger partial charge < -0.3 is 13.9 Å². The minimum atomic E-state index is -0.675. The Morgan fingerprint density at radius 3 is 2.38 bits per heavy atom. The second-order valence-electron chi connectivity index (χ2n) is 5.31. The van der Waals surface area contributed by atoms with Gasteiger partial charge in [-0.2, -0.15) is 0 Å². The average Bonchev–Trinajstić information content (AvgIpc) is 2.60. The van der Waals surface area contributed by atoms with Gasteiger partial charge in [0.1, 0.15) is 17.1 Å². The van der Waals surface area contributed by atoms with Crippen molar-refractivity contribution in [3.8, 4) is 11.5 Å². The summed E-state index contributed by atoms with van der Waals surface area (Å²) in [4.78, 5) is 23.7. The van der Waals surface area contributed by atoms with Gasteiger partial charge in [0, 0.05) is 23.1 Å². The standard InChI is InChI=1S/C19H16O5/c1-12(19(21)14-4-7-15(22-2)8-5-14)23-16-9-3-13-6-10-18(20)24-17(13)11-16/h3-12H,1-2H3/t12-/m0/s1. The largest absolute Gasteiger partial charge is 0.497 e. The number of carbonyl (C=O) groups excluding carboxylic acids is 1. The van der Waals surface area contributed by atoms with Gasteiger partial charge in [-0.25, -0.2) is 4.79 Å². The molecule has 0 fully saturated rings. The highest BCUT2D eigenvalue weighted by Crippen LogP contribution is 2.21. The summed E-state index contributed by atoms with van der Waals surface area (Å²) in [6.45, 7) is 1.68. The van der Waals surface area contributed by atoms with Gasteiger partial charge in [0.15, 0.2) is 6.10 Å². The fraction of sp³-hybridized carbons (Fsp3) is 0.158. The zero-order chi connectivity index (χ0) is 17.1. The number of ketones is 1. The van der Waals surface area contributed by atoms with E-state index in [4.69, 9.17) is 13.9 Å².